The highest BCUT2D eigenvalue weighted by Gasteiger charge is 2.24. The fraction of sp³-hybridized carbons (Fsp3) is 0.846. The zero-order valence-electron chi connectivity index (χ0n) is 11.9. The predicted octanol–water partition coefficient (Wildman–Crippen LogP) is 0.173. The molecule has 1 unspecified atom stereocenters. The van der Waals surface area contributed by atoms with Crippen LogP contribution in [0.15, 0.2) is 4.52 Å². The van der Waals surface area contributed by atoms with Gasteiger partial charge in [-0.05, 0) is 26.9 Å². The molecule has 0 aromatic carbocycles. The standard InChI is InChI=1S/C13H24N4O2/c1-16-6-7-17(2)11(10-16)9-12-14-13(19-15-12)5-3-4-8-18/h11,18H,3-10H2,1-2H3. The van der Waals surface area contributed by atoms with Crippen LogP contribution >= 0.6 is 0 Å². The van der Waals surface area contributed by atoms with Crippen molar-refractivity contribution in [1.82, 2.24) is 19.9 Å². The summed E-state index contributed by atoms with van der Waals surface area (Å²) in [7, 11) is 4.30. The Kier molecular flexibility index (Phi) is 5.30. The van der Waals surface area contributed by atoms with Gasteiger partial charge in [0.15, 0.2) is 5.82 Å². The molecule has 2 heterocycles. The Morgan fingerprint density at radius 1 is 1.32 bits per heavy atom. The lowest BCUT2D eigenvalue weighted by Crippen LogP contribution is -2.50. The summed E-state index contributed by atoms with van der Waals surface area (Å²) in [6.45, 7) is 3.47. The maximum absolute atomic E-state index is 8.74. The van der Waals surface area contributed by atoms with Gasteiger partial charge in [-0.15, -0.1) is 0 Å². The maximum Gasteiger partial charge on any atom is 0.226 e. The van der Waals surface area contributed by atoms with Gasteiger partial charge in [-0.25, -0.2) is 0 Å². The summed E-state index contributed by atoms with van der Waals surface area (Å²) in [5, 5.41) is 12.8. The molecule has 1 aromatic rings. The second-order valence-electron chi connectivity index (χ2n) is 5.39. The zero-order valence-corrected chi connectivity index (χ0v) is 11.9. The minimum atomic E-state index is 0.222. The Morgan fingerprint density at radius 3 is 2.95 bits per heavy atom. The lowest BCUT2D eigenvalue weighted by atomic mass is 10.1. The van der Waals surface area contributed by atoms with E-state index in [1.807, 2.05) is 0 Å². The highest BCUT2D eigenvalue weighted by Crippen LogP contribution is 2.11. The molecule has 1 aliphatic heterocycles. The van der Waals surface area contributed by atoms with Crippen LogP contribution in [-0.4, -0.2) is 71.4 Å². The summed E-state index contributed by atoms with van der Waals surface area (Å²) in [6.07, 6.45) is 3.27. The van der Waals surface area contributed by atoms with Gasteiger partial charge in [0.1, 0.15) is 0 Å². The molecule has 0 bridgehead atoms. The third-order valence-electron chi connectivity index (χ3n) is 3.71. The number of aromatic nitrogens is 2. The molecule has 1 saturated heterocycles. The molecule has 0 radical (unpaired) electrons. The Bertz CT molecular complexity index is 382. The Balaban J connectivity index is 1.84. The Labute approximate surface area is 114 Å². The first-order valence-electron chi connectivity index (χ1n) is 7.00. The highest BCUT2D eigenvalue weighted by molar-refractivity contribution is 4.93. The molecule has 1 aliphatic rings. The van der Waals surface area contributed by atoms with Crippen LogP contribution < -0.4 is 0 Å². The molecule has 6 heteroatoms. The van der Waals surface area contributed by atoms with E-state index in [1.54, 1.807) is 0 Å². The molecular formula is C13H24N4O2. The van der Waals surface area contributed by atoms with Crippen LogP contribution in [0.2, 0.25) is 0 Å². The topological polar surface area (TPSA) is 65.6 Å². The van der Waals surface area contributed by atoms with E-state index in [-0.39, 0.29) is 6.61 Å². The van der Waals surface area contributed by atoms with Crippen molar-refractivity contribution in [3.05, 3.63) is 11.7 Å². The van der Waals surface area contributed by atoms with Crippen molar-refractivity contribution in [3.8, 4) is 0 Å². The van der Waals surface area contributed by atoms with Crippen molar-refractivity contribution >= 4 is 0 Å². The van der Waals surface area contributed by atoms with Crippen molar-refractivity contribution in [3.63, 3.8) is 0 Å². The number of aliphatic hydroxyl groups is 1. The molecule has 1 atom stereocenters. The number of aliphatic hydroxyl groups excluding tert-OH is 1. The quantitative estimate of drug-likeness (QED) is 0.742. The van der Waals surface area contributed by atoms with E-state index in [2.05, 4.69) is 34.0 Å². The highest BCUT2D eigenvalue weighted by atomic mass is 16.5. The number of unbranched alkanes of at least 4 members (excludes halogenated alkanes) is 1. The van der Waals surface area contributed by atoms with Gasteiger partial charge in [-0.3, -0.25) is 0 Å². The van der Waals surface area contributed by atoms with E-state index in [1.165, 1.54) is 0 Å². The summed E-state index contributed by atoms with van der Waals surface area (Å²) < 4.78 is 5.24. The first kappa shape index (κ1) is 14.4. The van der Waals surface area contributed by atoms with Crippen molar-refractivity contribution in [2.75, 3.05) is 40.3 Å². The predicted molar refractivity (Wildman–Crippen MR) is 71.9 cm³/mol. The number of likely N-dealkylation sites (N-methyl/N-ethyl adjacent to an activating group) is 2. The lowest BCUT2D eigenvalue weighted by molar-refractivity contribution is 0.113. The lowest BCUT2D eigenvalue weighted by Gasteiger charge is -2.37. The largest absolute Gasteiger partial charge is 0.396 e. The van der Waals surface area contributed by atoms with Gasteiger partial charge in [-0.1, -0.05) is 5.16 Å². The minimum Gasteiger partial charge on any atom is -0.396 e. The molecule has 1 fully saturated rings. The average molecular weight is 268 g/mol. The number of aryl methyl sites for hydroxylation is 1. The molecule has 19 heavy (non-hydrogen) atoms. The number of hydrogen-bond donors (Lipinski definition) is 1. The third kappa shape index (κ3) is 4.26. The smallest absolute Gasteiger partial charge is 0.226 e. The summed E-state index contributed by atoms with van der Waals surface area (Å²) >= 11 is 0. The van der Waals surface area contributed by atoms with Crippen LogP contribution in [0.1, 0.15) is 24.6 Å². The fourth-order valence-electron chi connectivity index (χ4n) is 2.40. The van der Waals surface area contributed by atoms with Crippen LogP contribution in [0, 0.1) is 0 Å². The molecule has 2 rings (SSSR count). The summed E-state index contributed by atoms with van der Waals surface area (Å²) in [6, 6.07) is 0.460. The van der Waals surface area contributed by atoms with Gasteiger partial charge >= 0.3 is 0 Å². The normalized spacial score (nSPS) is 21.9. The maximum atomic E-state index is 8.74. The molecular weight excluding hydrogens is 244 g/mol. The molecule has 108 valence electrons. The second kappa shape index (κ2) is 6.98. The zero-order chi connectivity index (χ0) is 13.7. The molecule has 0 amide bonds. The molecule has 1 N–H and O–H groups in total. The van der Waals surface area contributed by atoms with Gasteiger partial charge < -0.3 is 19.4 Å². The molecule has 6 nitrogen and oxygen atoms in total. The van der Waals surface area contributed by atoms with Gasteiger partial charge in [-0.2, -0.15) is 4.98 Å². The van der Waals surface area contributed by atoms with E-state index in [9.17, 15) is 0 Å². The van der Waals surface area contributed by atoms with Crippen LogP contribution in [0.4, 0.5) is 0 Å². The average Bonchev–Trinajstić information content (AvgIpc) is 2.82. The second-order valence-corrected chi connectivity index (χ2v) is 5.39. The van der Waals surface area contributed by atoms with Crippen molar-refractivity contribution in [2.24, 2.45) is 0 Å². The number of nitrogens with zero attached hydrogens (tertiary/aromatic N) is 4. The summed E-state index contributed by atoms with van der Waals surface area (Å²) in [5.74, 6) is 1.49. The first-order chi connectivity index (χ1) is 9.19. The SMILES string of the molecule is CN1CCN(C)C(Cc2noc(CCCCO)n2)C1. The van der Waals surface area contributed by atoms with E-state index in [0.29, 0.717) is 11.9 Å². The van der Waals surface area contributed by atoms with Crippen molar-refractivity contribution in [1.29, 1.82) is 0 Å². The van der Waals surface area contributed by atoms with Gasteiger partial charge in [0.25, 0.3) is 0 Å². The molecule has 0 saturated carbocycles. The van der Waals surface area contributed by atoms with Gasteiger partial charge in [0, 0.05) is 45.1 Å². The molecule has 0 aliphatic carbocycles. The van der Waals surface area contributed by atoms with Crippen LogP contribution in [0.25, 0.3) is 0 Å². The summed E-state index contributed by atoms with van der Waals surface area (Å²) in [4.78, 5) is 9.13. The van der Waals surface area contributed by atoms with E-state index < -0.39 is 0 Å². The Morgan fingerprint density at radius 2 is 2.16 bits per heavy atom. The van der Waals surface area contributed by atoms with Crippen molar-refractivity contribution in [2.45, 2.75) is 31.7 Å². The minimum absolute atomic E-state index is 0.222. The molecule has 0 spiro atoms. The fourth-order valence-corrected chi connectivity index (χ4v) is 2.40. The van der Waals surface area contributed by atoms with Crippen molar-refractivity contribution < 1.29 is 9.63 Å². The third-order valence-corrected chi connectivity index (χ3v) is 3.71. The number of hydrogen-bond acceptors (Lipinski definition) is 6. The van der Waals surface area contributed by atoms with Crippen LogP contribution in [-0.2, 0) is 12.8 Å². The van der Waals surface area contributed by atoms with E-state index in [0.717, 1.165) is 51.1 Å². The van der Waals surface area contributed by atoms with E-state index >= 15 is 0 Å². The number of rotatable bonds is 6. The van der Waals surface area contributed by atoms with Gasteiger partial charge in [0.05, 0.1) is 0 Å². The van der Waals surface area contributed by atoms with Gasteiger partial charge in [0.2, 0.25) is 5.89 Å². The van der Waals surface area contributed by atoms with Crippen LogP contribution in [0.3, 0.4) is 0 Å². The monoisotopic (exact) mass is 268 g/mol. The first-order valence-corrected chi connectivity index (χ1v) is 7.00. The Hall–Kier alpha value is -0.980. The van der Waals surface area contributed by atoms with Crippen LogP contribution in [0.5, 0.6) is 0 Å². The molecule has 1 aromatic heterocycles. The summed E-state index contributed by atoms with van der Waals surface area (Å²) in [5.41, 5.74) is 0. The number of piperazine rings is 1. The van der Waals surface area contributed by atoms with E-state index in [4.69, 9.17) is 9.63 Å².